The third-order valence-corrected chi connectivity index (χ3v) is 5.06. The maximum absolute atomic E-state index is 13.9. The lowest BCUT2D eigenvalue weighted by Gasteiger charge is -2.24. The Labute approximate surface area is 181 Å². The van der Waals surface area contributed by atoms with E-state index in [0.29, 0.717) is 23.6 Å². The molecule has 4 rings (SSSR count). The molecule has 11 heteroatoms. The van der Waals surface area contributed by atoms with E-state index in [0.717, 1.165) is 17.8 Å². The highest BCUT2D eigenvalue weighted by atomic mass is 19.4. The average Bonchev–Trinajstić information content (AvgIpc) is 3.11. The van der Waals surface area contributed by atoms with Crippen LogP contribution in [0.25, 0.3) is 0 Å². The molecular formula is C21H21F4N6O+. The number of nitrogens with one attached hydrogen (secondary N) is 2. The normalized spacial score (nSPS) is 15.3. The van der Waals surface area contributed by atoms with Crippen molar-refractivity contribution in [1.82, 2.24) is 4.98 Å². The standard InChI is InChI=1S/C21H20F4N6O/c1-3-18-28-15-9-6-13(22)10-16(15)30(18)19-11-17(26)31(32-2)20(29-19)27-14-7-4-12(5-8-14)21(23,24)25/h4-11,18,28H,3H2,1-2H3,(H2,26,27,29)/p+1. The molecule has 0 bridgehead atoms. The minimum Gasteiger partial charge on any atom is -0.371 e. The van der Waals surface area contributed by atoms with Gasteiger partial charge in [0.2, 0.25) is 11.6 Å². The molecule has 0 fully saturated rings. The third kappa shape index (κ3) is 3.93. The number of nitrogens with zero attached hydrogens (tertiary/aromatic N) is 3. The summed E-state index contributed by atoms with van der Waals surface area (Å²) < 4.78 is 53.7. The lowest BCUT2D eigenvalue weighted by molar-refractivity contribution is -0.864. The van der Waals surface area contributed by atoms with Gasteiger partial charge in [0.05, 0.1) is 28.7 Å². The third-order valence-electron chi connectivity index (χ3n) is 5.06. The first-order valence-corrected chi connectivity index (χ1v) is 9.78. The molecular weight excluding hydrogens is 428 g/mol. The number of alkyl halides is 3. The van der Waals surface area contributed by atoms with Crippen LogP contribution in [0, 0.1) is 5.82 Å². The Morgan fingerprint density at radius 3 is 2.53 bits per heavy atom. The maximum Gasteiger partial charge on any atom is 0.416 e. The van der Waals surface area contributed by atoms with Gasteiger partial charge in [-0.05, 0) is 53.6 Å². The van der Waals surface area contributed by atoms with Gasteiger partial charge in [-0.1, -0.05) is 11.9 Å². The molecule has 168 valence electrons. The van der Waals surface area contributed by atoms with Crippen LogP contribution in [0.3, 0.4) is 0 Å². The van der Waals surface area contributed by atoms with Gasteiger partial charge in [0.25, 0.3) is 0 Å². The largest absolute Gasteiger partial charge is 0.416 e. The van der Waals surface area contributed by atoms with Crippen molar-refractivity contribution in [1.29, 1.82) is 0 Å². The van der Waals surface area contributed by atoms with E-state index in [2.05, 4.69) is 15.6 Å². The smallest absolute Gasteiger partial charge is 0.371 e. The first-order valence-electron chi connectivity index (χ1n) is 9.78. The Morgan fingerprint density at radius 1 is 1.19 bits per heavy atom. The van der Waals surface area contributed by atoms with Gasteiger partial charge in [0.15, 0.2) is 0 Å². The van der Waals surface area contributed by atoms with Crippen molar-refractivity contribution >= 4 is 34.6 Å². The fourth-order valence-electron chi connectivity index (χ4n) is 3.57. The topological polar surface area (TPSA) is 79.3 Å². The van der Waals surface area contributed by atoms with Crippen molar-refractivity contribution in [3.8, 4) is 0 Å². The van der Waals surface area contributed by atoms with E-state index in [1.54, 1.807) is 12.1 Å². The molecule has 1 aromatic heterocycles. The van der Waals surface area contributed by atoms with Crippen LogP contribution >= 0.6 is 0 Å². The zero-order valence-corrected chi connectivity index (χ0v) is 17.2. The van der Waals surface area contributed by atoms with Crippen LogP contribution in [0.2, 0.25) is 0 Å². The summed E-state index contributed by atoms with van der Waals surface area (Å²) in [6, 6.07) is 10.5. The van der Waals surface area contributed by atoms with Crippen LogP contribution in [0.15, 0.2) is 48.5 Å². The molecule has 1 aliphatic rings. The van der Waals surface area contributed by atoms with E-state index >= 15 is 0 Å². The number of aromatic nitrogens is 2. The monoisotopic (exact) mass is 449 g/mol. The number of nitrogen functional groups attached to an aromatic ring is 1. The zero-order chi connectivity index (χ0) is 23.0. The summed E-state index contributed by atoms with van der Waals surface area (Å²) >= 11 is 0. The van der Waals surface area contributed by atoms with E-state index in [9.17, 15) is 17.6 Å². The van der Waals surface area contributed by atoms with Crippen molar-refractivity contribution in [2.24, 2.45) is 0 Å². The number of anilines is 6. The second-order valence-electron chi connectivity index (χ2n) is 7.14. The van der Waals surface area contributed by atoms with Crippen molar-refractivity contribution in [3.05, 3.63) is 59.9 Å². The molecule has 7 nitrogen and oxygen atoms in total. The summed E-state index contributed by atoms with van der Waals surface area (Å²) in [5.74, 6) is 0.341. The fourth-order valence-corrected chi connectivity index (χ4v) is 3.57. The molecule has 0 spiro atoms. The Kier molecular flexibility index (Phi) is 5.41. The first-order chi connectivity index (χ1) is 15.2. The molecule has 0 radical (unpaired) electrons. The average molecular weight is 449 g/mol. The second kappa shape index (κ2) is 8.06. The highest BCUT2D eigenvalue weighted by Crippen LogP contribution is 2.41. The van der Waals surface area contributed by atoms with Crippen LogP contribution in [0.4, 0.5) is 52.2 Å². The maximum atomic E-state index is 13.9. The van der Waals surface area contributed by atoms with E-state index < -0.39 is 17.6 Å². The molecule has 0 saturated heterocycles. The first kappa shape index (κ1) is 21.5. The number of hydrogen-bond acceptors (Lipinski definition) is 6. The Hall–Kier alpha value is -3.76. The Balaban J connectivity index is 1.74. The SMILES string of the molecule is CCC1Nc2ccc(F)cc2N1c1cc(N)[n+](OC)c(Nc2ccc(C(F)(F)F)cc2)n1. The highest BCUT2D eigenvalue weighted by molar-refractivity contribution is 5.82. The van der Waals surface area contributed by atoms with E-state index in [-0.39, 0.29) is 17.9 Å². The summed E-state index contributed by atoms with van der Waals surface area (Å²) in [7, 11) is 1.38. The van der Waals surface area contributed by atoms with Gasteiger partial charge >= 0.3 is 12.1 Å². The molecule has 4 N–H and O–H groups in total. The number of halogens is 4. The number of nitrogens with two attached hydrogens (primary N) is 1. The van der Waals surface area contributed by atoms with Gasteiger partial charge < -0.3 is 15.9 Å². The van der Waals surface area contributed by atoms with E-state index in [1.807, 2.05) is 11.8 Å². The van der Waals surface area contributed by atoms with E-state index in [4.69, 9.17) is 10.6 Å². The zero-order valence-electron chi connectivity index (χ0n) is 17.2. The van der Waals surface area contributed by atoms with Gasteiger partial charge in [0.1, 0.15) is 19.1 Å². The molecule has 1 unspecified atom stereocenters. The van der Waals surface area contributed by atoms with Gasteiger partial charge in [-0.3, -0.25) is 10.2 Å². The van der Waals surface area contributed by atoms with Crippen LogP contribution < -0.4 is 30.8 Å². The minimum atomic E-state index is -4.44. The number of rotatable bonds is 5. The van der Waals surface area contributed by atoms with Crippen LogP contribution in [0.1, 0.15) is 18.9 Å². The molecule has 0 aliphatic carbocycles. The molecule has 2 aromatic carbocycles. The van der Waals surface area contributed by atoms with Gasteiger partial charge in [-0.2, -0.15) is 13.2 Å². The van der Waals surface area contributed by atoms with Gasteiger partial charge in [-0.25, -0.2) is 4.39 Å². The van der Waals surface area contributed by atoms with Gasteiger partial charge in [0, 0.05) is 0 Å². The quantitative estimate of drug-likeness (QED) is 0.400. The molecule has 2 heterocycles. The molecule has 1 aliphatic heterocycles. The lowest BCUT2D eigenvalue weighted by atomic mass is 10.2. The number of fused-ring (bicyclic) bond motifs is 1. The molecule has 3 aromatic rings. The molecule has 0 amide bonds. The summed E-state index contributed by atoms with van der Waals surface area (Å²) in [5, 5.41) is 6.24. The lowest BCUT2D eigenvalue weighted by Crippen LogP contribution is -2.47. The van der Waals surface area contributed by atoms with Crippen molar-refractivity contribution in [2.45, 2.75) is 25.7 Å². The number of hydrogen-bond donors (Lipinski definition) is 3. The van der Waals surface area contributed by atoms with Crippen LogP contribution in [-0.2, 0) is 6.18 Å². The molecule has 32 heavy (non-hydrogen) atoms. The van der Waals surface area contributed by atoms with Gasteiger partial charge in [-0.15, -0.1) is 0 Å². The fraction of sp³-hybridized carbons (Fsp3) is 0.238. The van der Waals surface area contributed by atoms with E-state index in [1.165, 1.54) is 36.1 Å². The predicted octanol–water partition coefficient (Wildman–Crippen LogP) is 4.21. The predicted molar refractivity (Wildman–Crippen MR) is 112 cm³/mol. The van der Waals surface area contributed by atoms with Crippen LogP contribution in [-0.4, -0.2) is 18.3 Å². The highest BCUT2D eigenvalue weighted by Gasteiger charge is 2.33. The van der Waals surface area contributed by atoms with Crippen LogP contribution in [0.5, 0.6) is 0 Å². The van der Waals surface area contributed by atoms with Crippen molar-refractivity contribution < 1.29 is 27.1 Å². The summed E-state index contributed by atoms with van der Waals surface area (Å²) in [5.41, 5.74) is 7.09. The Morgan fingerprint density at radius 2 is 1.91 bits per heavy atom. The second-order valence-corrected chi connectivity index (χ2v) is 7.14. The summed E-state index contributed by atoms with van der Waals surface area (Å²) in [4.78, 5) is 11.7. The summed E-state index contributed by atoms with van der Waals surface area (Å²) in [6.45, 7) is 1.97. The Bertz CT molecular complexity index is 1140. The minimum absolute atomic E-state index is 0.141. The van der Waals surface area contributed by atoms with Crippen molar-refractivity contribution in [2.75, 3.05) is 28.4 Å². The molecule has 0 saturated carbocycles. The summed E-state index contributed by atoms with van der Waals surface area (Å²) in [6.07, 6.45) is -3.96. The van der Waals surface area contributed by atoms with Crippen molar-refractivity contribution in [3.63, 3.8) is 0 Å². The molecule has 1 atom stereocenters. The number of benzene rings is 2.